The van der Waals surface area contributed by atoms with E-state index in [-0.39, 0.29) is 6.61 Å². The smallest absolute Gasteiger partial charge is 0.0642 e. The Bertz CT molecular complexity index is 508. The van der Waals surface area contributed by atoms with Gasteiger partial charge >= 0.3 is 0 Å². The number of hydrogen-bond acceptors (Lipinski definition) is 1. The van der Waals surface area contributed by atoms with E-state index in [0.29, 0.717) is 5.92 Å². The molecule has 1 aliphatic rings. The highest BCUT2D eigenvalue weighted by molar-refractivity contribution is 6.76. The predicted molar refractivity (Wildman–Crippen MR) is 94.4 cm³/mol. The topological polar surface area (TPSA) is 20.2 Å². The van der Waals surface area contributed by atoms with Crippen LogP contribution in [0.1, 0.15) is 30.7 Å². The molecule has 0 spiro atoms. The van der Waals surface area contributed by atoms with E-state index in [1.807, 2.05) is 0 Å². The summed E-state index contributed by atoms with van der Waals surface area (Å²) in [5.41, 5.74) is 4.10. The van der Waals surface area contributed by atoms with Gasteiger partial charge in [-0.25, -0.2) is 0 Å². The number of rotatable bonds is 5. The number of aliphatic hydroxyl groups excluding tert-OH is 1. The van der Waals surface area contributed by atoms with Crippen LogP contribution in [0.15, 0.2) is 53.6 Å². The number of aliphatic hydroxyl groups is 1. The Hall–Kier alpha value is -1.12. The highest BCUT2D eigenvalue weighted by Gasteiger charge is 2.18. The zero-order valence-electron chi connectivity index (χ0n) is 13.6. The fourth-order valence-electron chi connectivity index (χ4n) is 3.11. The lowest BCUT2D eigenvalue weighted by atomic mass is 9.84. The van der Waals surface area contributed by atoms with Crippen molar-refractivity contribution >= 4 is 8.07 Å². The lowest BCUT2D eigenvalue weighted by Gasteiger charge is -2.22. The molecule has 0 aliphatic heterocycles. The molecule has 1 aromatic carbocycles. The predicted octanol–water partition coefficient (Wildman–Crippen LogP) is 5.14. The van der Waals surface area contributed by atoms with E-state index in [9.17, 15) is 5.11 Å². The molecule has 1 unspecified atom stereocenters. The Balaban J connectivity index is 2.02. The quantitative estimate of drug-likeness (QED) is 0.747. The second kappa shape index (κ2) is 7.23. The molecule has 1 aromatic rings. The van der Waals surface area contributed by atoms with Crippen LogP contribution in [0.5, 0.6) is 0 Å². The van der Waals surface area contributed by atoms with Crippen LogP contribution in [0.3, 0.4) is 0 Å². The summed E-state index contributed by atoms with van der Waals surface area (Å²) >= 11 is 0. The van der Waals surface area contributed by atoms with Gasteiger partial charge in [0.25, 0.3) is 0 Å². The average Bonchev–Trinajstić information content (AvgIpc) is 2.47. The minimum Gasteiger partial charge on any atom is -0.392 e. The Morgan fingerprint density at radius 1 is 1.24 bits per heavy atom. The monoisotopic (exact) mass is 300 g/mol. The Kier molecular flexibility index (Phi) is 5.60. The van der Waals surface area contributed by atoms with Gasteiger partial charge in [0, 0.05) is 8.07 Å². The standard InChI is InChI=1S/C19H28OSi/c1-21(2,3)15-17(14-20)13-16-9-11-19(12-10-16)18-7-5-4-6-8-18/h4-9,13,19-20H,10-12,14-15H2,1-3H3/b17-13-. The van der Waals surface area contributed by atoms with E-state index < -0.39 is 8.07 Å². The summed E-state index contributed by atoms with van der Waals surface area (Å²) in [6.07, 6.45) is 8.12. The summed E-state index contributed by atoms with van der Waals surface area (Å²) in [5.74, 6) is 0.665. The van der Waals surface area contributed by atoms with Gasteiger partial charge in [-0.1, -0.05) is 67.7 Å². The summed E-state index contributed by atoms with van der Waals surface area (Å²) in [4.78, 5) is 0. The van der Waals surface area contributed by atoms with Gasteiger partial charge < -0.3 is 5.11 Å². The Morgan fingerprint density at radius 3 is 2.48 bits per heavy atom. The van der Waals surface area contributed by atoms with E-state index in [1.165, 1.54) is 23.1 Å². The van der Waals surface area contributed by atoms with Gasteiger partial charge in [-0.05, 0) is 42.4 Å². The minimum absolute atomic E-state index is 0.212. The van der Waals surface area contributed by atoms with Crippen molar-refractivity contribution in [2.75, 3.05) is 6.61 Å². The maximum atomic E-state index is 9.58. The van der Waals surface area contributed by atoms with Gasteiger partial charge in [0.2, 0.25) is 0 Å². The van der Waals surface area contributed by atoms with Crippen LogP contribution in [0.4, 0.5) is 0 Å². The normalized spacial score (nSPS) is 20.3. The first-order chi connectivity index (χ1) is 9.98. The molecule has 1 atom stereocenters. The third-order valence-electron chi connectivity index (χ3n) is 4.07. The van der Waals surface area contributed by atoms with E-state index in [4.69, 9.17) is 0 Å². The molecule has 0 saturated heterocycles. The molecular weight excluding hydrogens is 272 g/mol. The Morgan fingerprint density at radius 2 is 1.95 bits per heavy atom. The largest absolute Gasteiger partial charge is 0.392 e. The van der Waals surface area contributed by atoms with E-state index >= 15 is 0 Å². The van der Waals surface area contributed by atoms with Crippen LogP contribution in [0, 0.1) is 0 Å². The summed E-state index contributed by atoms with van der Waals surface area (Å²) in [6.45, 7) is 7.29. The third-order valence-corrected chi connectivity index (χ3v) is 5.58. The molecule has 0 aromatic heterocycles. The average molecular weight is 301 g/mol. The third kappa shape index (κ3) is 5.29. The zero-order chi connectivity index (χ0) is 15.3. The van der Waals surface area contributed by atoms with Crippen molar-refractivity contribution < 1.29 is 5.11 Å². The number of allylic oxidation sites excluding steroid dienone is 3. The fraction of sp³-hybridized carbons (Fsp3) is 0.474. The second-order valence-electron chi connectivity index (χ2n) is 7.36. The van der Waals surface area contributed by atoms with Crippen LogP contribution in [-0.2, 0) is 0 Å². The van der Waals surface area contributed by atoms with Crippen molar-refractivity contribution in [2.24, 2.45) is 0 Å². The molecule has 114 valence electrons. The molecule has 0 heterocycles. The van der Waals surface area contributed by atoms with Crippen molar-refractivity contribution in [1.82, 2.24) is 0 Å². The molecule has 0 bridgehead atoms. The molecule has 1 N–H and O–H groups in total. The van der Waals surface area contributed by atoms with Gasteiger partial charge in [0.1, 0.15) is 0 Å². The van der Waals surface area contributed by atoms with Crippen LogP contribution >= 0.6 is 0 Å². The zero-order valence-corrected chi connectivity index (χ0v) is 14.6. The summed E-state index contributed by atoms with van der Waals surface area (Å²) in [5, 5.41) is 9.58. The molecule has 2 rings (SSSR count). The van der Waals surface area contributed by atoms with Crippen molar-refractivity contribution in [3.63, 3.8) is 0 Å². The Labute approximate surface area is 130 Å². The van der Waals surface area contributed by atoms with Crippen molar-refractivity contribution in [1.29, 1.82) is 0 Å². The molecule has 1 nitrogen and oxygen atoms in total. The first-order valence-electron chi connectivity index (χ1n) is 8.02. The molecular formula is C19H28OSi. The second-order valence-corrected chi connectivity index (χ2v) is 12.8. The molecule has 0 radical (unpaired) electrons. The first-order valence-corrected chi connectivity index (χ1v) is 11.7. The van der Waals surface area contributed by atoms with Gasteiger partial charge in [0.05, 0.1) is 6.61 Å². The number of hydrogen-bond donors (Lipinski definition) is 1. The SMILES string of the molecule is C[Si](C)(C)C/C(=C\C1=CCC(c2ccccc2)CC1)CO. The highest BCUT2D eigenvalue weighted by Crippen LogP contribution is 2.33. The molecule has 0 saturated carbocycles. The molecule has 1 aliphatic carbocycles. The maximum Gasteiger partial charge on any atom is 0.0642 e. The summed E-state index contributed by atoms with van der Waals surface area (Å²) < 4.78 is 0. The maximum absolute atomic E-state index is 9.58. The van der Waals surface area contributed by atoms with Gasteiger partial charge in [0.15, 0.2) is 0 Å². The van der Waals surface area contributed by atoms with Crippen molar-refractivity contribution in [3.8, 4) is 0 Å². The van der Waals surface area contributed by atoms with Crippen molar-refractivity contribution in [3.05, 3.63) is 59.2 Å². The van der Waals surface area contributed by atoms with Crippen LogP contribution in [0.25, 0.3) is 0 Å². The lowest BCUT2D eigenvalue weighted by molar-refractivity contribution is 0.331. The van der Waals surface area contributed by atoms with E-state index in [0.717, 1.165) is 18.9 Å². The molecule has 21 heavy (non-hydrogen) atoms. The fourth-order valence-corrected chi connectivity index (χ4v) is 4.69. The lowest BCUT2D eigenvalue weighted by Crippen LogP contribution is -2.21. The van der Waals surface area contributed by atoms with Gasteiger partial charge in [-0.2, -0.15) is 0 Å². The summed E-state index contributed by atoms with van der Waals surface area (Å²) in [7, 11) is -1.15. The minimum atomic E-state index is -1.15. The molecule has 0 fully saturated rings. The number of benzene rings is 1. The molecule has 0 amide bonds. The highest BCUT2D eigenvalue weighted by atomic mass is 28.3. The van der Waals surface area contributed by atoms with Gasteiger partial charge in [-0.3, -0.25) is 0 Å². The van der Waals surface area contributed by atoms with Crippen molar-refractivity contribution in [2.45, 2.75) is 50.9 Å². The van der Waals surface area contributed by atoms with E-state index in [2.05, 4.69) is 62.1 Å². The first kappa shape index (κ1) is 16.3. The molecule has 2 heteroatoms. The van der Waals surface area contributed by atoms with Gasteiger partial charge in [-0.15, -0.1) is 0 Å². The summed E-state index contributed by atoms with van der Waals surface area (Å²) in [6, 6.07) is 11.9. The van der Waals surface area contributed by atoms with E-state index in [1.54, 1.807) is 0 Å². The van der Waals surface area contributed by atoms with Crippen LogP contribution in [-0.4, -0.2) is 19.8 Å². The van der Waals surface area contributed by atoms with Crippen LogP contribution < -0.4 is 0 Å². The van der Waals surface area contributed by atoms with Crippen LogP contribution in [0.2, 0.25) is 25.7 Å².